The van der Waals surface area contributed by atoms with Gasteiger partial charge in [0.1, 0.15) is 12.6 Å². The Labute approximate surface area is 244 Å². The summed E-state index contributed by atoms with van der Waals surface area (Å²) in [4.78, 5) is 28.5. The molecule has 0 bridgehead atoms. The molecule has 0 heterocycles. The standard InChI is InChI=1S/C29H33BrClN3O4S/c1-5-21(3)32-29(36)22(4)33(18-23-8-10-24(30)11-9-23)28(35)19-34(26-14-12-25(31)13-15-26)39(37,38)27-16-6-20(2)7-17-27/h6-17,21-22H,5,18-19H2,1-4H3,(H,32,36)/t21-,22-/m1/s1. The number of nitrogens with zero attached hydrogens (tertiary/aromatic N) is 2. The molecule has 208 valence electrons. The van der Waals surface area contributed by atoms with E-state index in [2.05, 4.69) is 21.2 Å². The molecule has 0 saturated heterocycles. The highest BCUT2D eigenvalue weighted by Gasteiger charge is 2.32. The molecule has 3 aromatic carbocycles. The van der Waals surface area contributed by atoms with Gasteiger partial charge >= 0.3 is 0 Å². The third-order valence-corrected chi connectivity index (χ3v) is 9.01. The van der Waals surface area contributed by atoms with Crippen LogP contribution in [0.3, 0.4) is 0 Å². The van der Waals surface area contributed by atoms with E-state index in [1.54, 1.807) is 43.3 Å². The van der Waals surface area contributed by atoms with Crippen LogP contribution in [0.15, 0.2) is 82.2 Å². The predicted molar refractivity (Wildman–Crippen MR) is 159 cm³/mol. The van der Waals surface area contributed by atoms with E-state index in [1.807, 2.05) is 45.0 Å². The normalized spacial score (nSPS) is 12.9. The van der Waals surface area contributed by atoms with Crippen LogP contribution < -0.4 is 9.62 Å². The molecule has 0 fully saturated rings. The van der Waals surface area contributed by atoms with Crippen molar-refractivity contribution in [1.29, 1.82) is 0 Å². The second kappa shape index (κ2) is 13.5. The van der Waals surface area contributed by atoms with Gasteiger partial charge in [-0.05, 0) is 81.3 Å². The summed E-state index contributed by atoms with van der Waals surface area (Å²) in [7, 11) is -4.12. The summed E-state index contributed by atoms with van der Waals surface area (Å²) in [6.45, 7) is 6.98. The quantitative estimate of drug-likeness (QED) is 0.283. The van der Waals surface area contributed by atoms with Gasteiger partial charge in [-0.1, -0.05) is 64.3 Å². The molecule has 0 unspecified atom stereocenters. The first-order valence-electron chi connectivity index (χ1n) is 12.6. The van der Waals surface area contributed by atoms with Gasteiger partial charge < -0.3 is 10.2 Å². The summed E-state index contributed by atoms with van der Waals surface area (Å²) in [6, 6.07) is 19.2. The zero-order valence-electron chi connectivity index (χ0n) is 22.4. The van der Waals surface area contributed by atoms with Crippen molar-refractivity contribution in [2.45, 2.75) is 57.6 Å². The molecule has 3 aromatic rings. The van der Waals surface area contributed by atoms with Gasteiger partial charge in [0.25, 0.3) is 10.0 Å². The van der Waals surface area contributed by atoms with Crippen molar-refractivity contribution in [2.75, 3.05) is 10.8 Å². The average molecular weight is 635 g/mol. The van der Waals surface area contributed by atoms with Crippen molar-refractivity contribution in [1.82, 2.24) is 10.2 Å². The maximum absolute atomic E-state index is 13.9. The van der Waals surface area contributed by atoms with Gasteiger partial charge in [-0.25, -0.2) is 8.42 Å². The number of hydrogen-bond acceptors (Lipinski definition) is 4. The molecule has 10 heteroatoms. The van der Waals surface area contributed by atoms with Crippen LogP contribution in [0.1, 0.15) is 38.3 Å². The number of nitrogens with one attached hydrogen (secondary N) is 1. The number of anilines is 1. The van der Waals surface area contributed by atoms with Crippen molar-refractivity contribution >= 4 is 55.1 Å². The van der Waals surface area contributed by atoms with Crippen LogP contribution in [0, 0.1) is 6.92 Å². The molecule has 3 rings (SSSR count). The smallest absolute Gasteiger partial charge is 0.264 e. The van der Waals surface area contributed by atoms with Crippen molar-refractivity contribution in [3.05, 3.63) is 93.4 Å². The lowest BCUT2D eigenvalue weighted by Crippen LogP contribution is -2.52. The fourth-order valence-electron chi connectivity index (χ4n) is 3.81. The average Bonchev–Trinajstić information content (AvgIpc) is 2.91. The van der Waals surface area contributed by atoms with Crippen LogP contribution in [0.25, 0.3) is 0 Å². The zero-order chi connectivity index (χ0) is 28.7. The number of carbonyl (C=O) groups excluding carboxylic acids is 2. The highest BCUT2D eigenvalue weighted by Crippen LogP contribution is 2.26. The SMILES string of the molecule is CC[C@@H](C)NC(=O)[C@@H](C)N(Cc1ccc(Br)cc1)C(=O)CN(c1ccc(Cl)cc1)S(=O)(=O)c1ccc(C)cc1. The van der Waals surface area contributed by atoms with Crippen molar-refractivity contribution in [3.8, 4) is 0 Å². The molecule has 0 saturated carbocycles. The van der Waals surface area contributed by atoms with Crippen LogP contribution in [0.4, 0.5) is 5.69 Å². The zero-order valence-corrected chi connectivity index (χ0v) is 25.6. The Balaban J connectivity index is 2.01. The Morgan fingerprint density at radius 3 is 2.10 bits per heavy atom. The number of aryl methyl sites for hydroxylation is 1. The Kier molecular flexibility index (Phi) is 10.6. The second-order valence-electron chi connectivity index (χ2n) is 9.44. The van der Waals surface area contributed by atoms with Crippen molar-refractivity contribution < 1.29 is 18.0 Å². The van der Waals surface area contributed by atoms with E-state index in [1.165, 1.54) is 17.0 Å². The molecule has 0 radical (unpaired) electrons. The second-order valence-corrected chi connectivity index (χ2v) is 12.7. The maximum atomic E-state index is 13.9. The van der Waals surface area contributed by atoms with Crippen LogP contribution in [0.2, 0.25) is 5.02 Å². The Morgan fingerprint density at radius 1 is 0.949 bits per heavy atom. The van der Waals surface area contributed by atoms with E-state index >= 15 is 0 Å². The Hall–Kier alpha value is -2.88. The number of hydrogen-bond donors (Lipinski definition) is 1. The number of amides is 2. The van der Waals surface area contributed by atoms with E-state index in [0.717, 1.165) is 26.3 Å². The summed E-state index contributed by atoms with van der Waals surface area (Å²) in [5, 5.41) is 3.36. The van der Waals surface area contributed by atoms with Gasteiger partial charge in [0, 0.05) is 22.1 Å². The minimum absolute atomic E-state index is 0.0536. The summed E-state index contributed by atoms with van der Waals surface area (Å²) in [5.74, 6) is -0.829. The van der Waals surface area contributed by atoms with Crippen LogP contribution in [0.5, 0.6) is 0 Å². The topological polar surface area (TPSA) is 86.8 Å². The molecule has 1 N–H and O–H groups in total. The van der Waals surface area contributed by atoms with Gasteiger partial charge in [-0.15, -0.1) is 0 Å². The number of carbonyl (C=O) groups is 2. The minimum Gasteiger partial charge on any atom is -0.352 e. The first-order chi connectivity index (χ1) is 18.4. The first-order valence-corrected chi connectivity index (χ1v) is 15.2. The predicted octanol–water partition coefficient (Wildman–Crippen LogP) is 5.94. The van der Waals surface area contributed by atoms with E-state index in [9.17, 15) is 18.0 Å². The van der Waals surface area contributed by atoms with Gasteiger partial charge in [-0.2, -0.15) is 0 Å². The molecular formula is C29H33BrClN3O4S. The largest absolute Gasteiger partial charge is 0.352 e. The summed E-state index contributed by atoms with van der Waals surface area (Å²) < 4.78 is 29.6. The molecular weight excluding hydrogens is 602 g/mol. The van der Waals surface area contributed by atoms with E-state index < -0.39 is 28.5 Å². The molecule has 0 aliphatic heterocycles. The number of benzene rings is 3. The van der Waals surface area contributed by atoms with E-state index in [4.69, 9.17) is 11.6 Å². The molecule has 0 aliphatic rings. The fourth-order valence-corrected chi connectivity index (χ4v) is 5.61. The van der Waals surface area contributed by atoms with Gasteiger partial charge in [0.2, 0.25) is 11.8 Å². The highest BCUT2D eigenvalue weighted by atomic mass is 79.9. The summed E-state index contributed by atoms with van der Waals surface area (Å²) in [5.41, 5.74) is 1.99. The summed E-state index contributed by atoms with van der Waals surface area (Å²) >= 11 is 9.47. The number of rotatable bonds is 11. The Morgan fingerprint density at radius 2 is 1.54 bits per heavy atom. The maximum Gasteiger partial charge on any atom is 0.264 e. The molecule has 0 aromatic heterocycles. The fraction of sp³-hybridized carbons (Fsp3) is 0.310. The van der Waals surface area contributed by atoms with Gasteiger partial charge in [0.15, 0.2) is 0 Å². The molecule has 2 atom stereocenters. The summed E-state index contributed by atoms with van der Waals surface area (Å²) in [6.07, 6.45) is 0.734. The van der Waals surface area contributed by atoms with Gasteiger partial charge in [0.05, 0.1) is 10.6 Å². The molecule has 7 nitrogen and oxygen atoms in total. The lowest BCUT2D eigenvalue weighted by atomic mass is 10.1. The number of sulfonamides is 1. The monoisotopic (exact) mass is 633 g/mol. The highest BCUT2D eigenvalue weighted by molar-refractivity contribution is 9.10. The number of halogens is 2. The van der Waals surface area contributed by atoms with E-state index in [-0.39, 0.29) is 29.1 Å². The van der Waals surface area contributed by atoms with Crippen LogP contribution in [-0.2, 0) is 26.2 Å². The molecule has 0 aliphatic carbocycles. The van der Waals surface area contributed by atoms with Crippen LogP contribution >= 0.6 is 27.5 Å². The molecule has 2 amide bonds. The first kappa shape index (κ1) is 30.7. The Bertz CT molecular complexity index is 1380. The molecule has 0 spiro atoms. The third kappa shape index (κ3) is 8.06. The van der Waals surface area contributed by atoms with Crippen LogP contribution in [-0.4, -0.2) is 43.8 Å². The van der Waals surface area contributed by atoms with Crippen molar-refractivity contribution in [2.24, 2.45) is 0 Å². The minimum atomic E-state index is -4.12. The van der Waals surface area contributed by atoms with Gasteiger partial charge in [-0.3, -0.25) is 13.9 Å². The lowest BCUT2D eigenvalue weighted by Gasteiger charge is -2.32. The van der Waals surface area contributed by atoms with Crippen molar-refractivity contribution in [3.63, 3.8) is 0 Å². The lowest BCUT2D eigenvalue weighted by molar-refractivity contribution is -0.139. The third-order valence-electron chi connectivity index (χ3n) is 6.44. The molecule has 39 heavy (non-hydrogen) atoms. The van der Waals surface area contributed by atoms with E-state index in [0.29, 0.717) is 5.02 Å².